The Morgan fingerprint density at radius 3 is 3.15 bits per heavy atom. The molecule has 4 heterocycles. The van der Waals surface area contributed by atoms with Crippen LogP contribution in [0.4, 0.5) is 10.3 Å². The highest BCUT2D eigenvalue weighted by Gasteiger charge is 2.26. The summed E-state index contributed by atoms with van der Waals surface area (Å²) in [6.45, 7) is 5.19. The maximum Gasteiger partial charge on any atom is 0.243 e. The first-order valence-electron chi connectivity index (χ1n) is 9.15. The predicted octanol–water partition coefficient (Wildman–Crippen LogP) is 2.69. The predicted molar refractivity (Wildman–Crippen MR) is 98.3 cm³/mol. The molecule has 8 nitrogen and oxygen atoms in total. The monoisotopic (exact) mass is 374 g/mol. The molecule has 3 atom stereocenters. The first-order valence-corrected chi connectivity index (χ1v) is 9.15. The van der Waals surface area contributed by atoms with Crippen LogP contribution < -0.4 is 5.32 Å². The number of rotatable bonds is 6. The number of ether oxygens (including phenoxy) is 2. The molecule has 3 aromatic heterocycles. The molecule has 0 radical (unpaired) electrons. The molecule has 1 unspecified atom stereocenters. The first kappa shape index (κ1) is 17.9. The minimum absolute atomic E-state index is 0.110. The van der Waals surface area contributed by atoms with Gasteiger partial charge in [0.25, 0.3) is 0 Å². The molecule has 0 saturated carbocycles. The van der Waals surface area contributed by atoms with E-state index in [1.54, 1.807) is 15.4 Å². The number of hydrogen-bond acceptors (Lipinski definition) is 6. The van der Waals surface area contributed by atoms with E-state index in [-0.39, 0.29) is 18.9 Å². The number of aromatic nitrogens is 5. The minimum atomic E-state index is -1.06. The van der Waals surface area contributed by atoms with Crippen LogP contribution in [0.15, 0.2) is 30.7 Å². The average Bonchev–Trinajstić information content (AvgIpc) is 3.30. The van der Waals surface area contributed by atoms with Gasteiger partial charge in [-0.3, -0.25) is 0 Å². The highest BCUT2D eigenvalue weighted by Crippen LogP contribution is 2.22. The fourth-order valence-electron chi connectivity index (χ4n) is 3.16. The van der Waals surface area contributed by atoms with Crippen LogP contribution in [-0.4, -0.2) is 56.4 Å². The summed E-state index contributed by atoms with van der Waals surface area (Å²) in [5.41, 5.74) is 2.63. The smallest absolute Gasteiger partial charge is 0.243 e. The Morgan fingerprint density at radius 2 is 2.33 bits per heavy atom. The number of anilines is 1. The third-order valence-electron chi connectivity index (χ3n) is 4.65. The Morgan fingerprint density at radius 1 is 1.44 bits per heavy atom. The van der Waals surface area contributed by atoms with Gasteiger partial charge in [0.2, 0.25) is 5.95 Å². The van der Waals surface area contributed by atoms with E-state index in [1.807, 2.05) is 38.4 Å². The minimum Gasteiger partial charge on any atom is -0.378 e. The zero-order valence-corrected chi connectivity index (χ0v) is 15.4. The standard InChI is InChI=1S/C18H23FN6O2/c1-3-27-12(2)25-10-14(9-20-25)13-4-6-24-17(8-13)22-18(23-24)21-16-5-7-26-11-15(16)19/h4,6,8-10,12,15-16H,3,5,7,11H2,1-2H3,(H,21,23)/t12?,15-,16+/m1/s1. The molecule has 1 aliphatic heterocycles. The maximum absolute atomic E-state index is 13.9. The van der Waals surface area contributed by atoms with Gasteiger partial charge in [0.05, 0.1) is 18.8 Å². The van der Waals surface area contributed by atoms with E-state index in [0.717, 1.165) is 11.1 Å². The molecule has 0 amide bonds. The second-order valence-corrected chi connectivity index (χ2v) is 6.55. The Labute approximate surface area is 156 Å². The number of alkyl halides is 1. The van der Waals surface area contributed by atoms with Crippen LogP contribution in [0.2, 0.25) is 0 Å². The topological polar surface area (TPSA) is 78.5 Å². The van der Waals surface area contributed by atoms with Gasteiger partial charge in [-0.2, -0.15) is 10.1 Å². The van der Waals surface area contributed by atoms with Gasteiger partial charge in [0.15, 0.2) is 5.65 Å². The second kappa shape index (κ2) is 7.61. The molecule has 1 aliphatic rings. The molecular weight excluding hydrogens is 351 g/mol. The van der Waals surface area contributed by atoms with Gasteiger partial charge in [0, 0.05) is 31.2 Å². The third kappa shape index (κ3) is 3.79. The van der Waals surface area contributed by atoms with Crippen molar-refractivity contribution in [3.63, 3.8) is 0 Å². The number of hydrogen-bond donors (Lipinski definition) is 1. The van der Waals surface area contributed by atoms with E-state index >= 15 is 0 Å². The third-order valence-corrected chi connectivity index (χ3v) is 4.65. The lowest BCUT2D eigenvalue weighted by atomic mass is 10.1. The number of fused-ring (bicyclic) bond motifs is 1. The Kier molecular flexibility index (Phi) is 5.04. The summed E-state index contributed by atoms with van der Waals surface area (Å²) < 4.78 is 28.1. The molecule has 9 heteroatoms. The van der Waals surface area contributed by atoms with Gasteiger partial charge in [0.1, 0.15) is 12.4 Å². The lowest BCUT2D eigenvalue weighted by Crippen LogP contribution is -2.39. The van der Waals surface area contributed by atoms with E-state index < -0.39 is 6.17 Å². The van der Waals surface area contributed by atoms with Gasteiger partial charge >= 0.3 is 0 Å². The van der Waals surface area contributed by atoms with Crippen molar-refractivity contribution in [1.82, 2.24) is 24.4 Å². The van der Waals surface area contributed by atoms with Crippen molar-refractivity contribution in [3.05, 3.63) is 30.7 Å². The molecule has 1 fully saturated rings. The zero-order valence-electron chi connectivity index (χ0n) is 15.4. The van der Waals surface area contributed by atoms with Crippen molar-refractivity contribution in [2.24, 2.45) is 0 Å². The van der Waals surface area contributed by atoms with Crippen molar-refractivity contribution in [2.75, 3.05) is 25.1 Å². The molecule has 1 N–H and O–H groups in total. The van der Waals surface area contributed by atoms with Gasteiger partial charge in [-0.15, -0.1) is 5.10 Å². The summed E-state index contributed by atoms with van der Waals surface area (Å²) in [6.07, 6.45) is 5.00. The molecule has 27 heavy (non-hydrogen) atoms. The first-order chi connectivity index (χ1) is 13.1. The van der Waals surface area contributed by atoms with Crippen LogP contribution in [0.25, 0.3) is 16.8 Å². The van der Waals surface area contributed by atoms with Crippen LogP contribution in [0.3, 0.4) is 0 Å². The molecule has 0 spiro atoms. The quantitative estimate of drug-likeness (QED) is 0.715. The molecule has 144 valence electrons. The average molecular weight is 374 g/mol. The van der Waals surface area contributed by atoms with Crippen LogP contribution in [0.1, 0.15) is 26.5 Å². The SMILES string of the molecule is CCOC(C)n1cc(-c2ccn3nc(N[C@H]4CCOC[C@H]4F)nc3c2)cn1. The summed E-state index contributed by atoms with van der Waals surface area (Å²) in [5.74, 6) is 0.419. The zero-order chi connectivity index (χ0) is 18.8. The van der Waals surface area contributed by atoms with Crippen molar-refractivity contribution in [3.8, 4) is 11.1 Å². The highest BCUT2D eigenvalue weighted by molar-refractivity contribution is 5.66. The lowest BCUT2D eigenvalue weighted by molar-refractivity contribution is 0.0160. The number of halogens is 1. The Hall–Kier alpha value is -2.52. The molecule has 0 aromatic carbocycles. The Balaban J connectivity index is 1.54. The fraction of sp³-hybridized carbons (Fsp3) is 0.500. The number of nitrogens with one attached hydrogen (secondary N) is 1. The lowest BCUT2D eigenvalue weighted by Gasteiger charge is -2.26. The van der Waals surface area contributed by atoms with E-state index in [1.165, 1.54) is 0 Å². The molecular formula is C18H23FN6O2. The largest absolute Gasteiger partial charge is 0.378 e. The van der Waals surface area contributed by atoms with Gasteiger partial charge in [-0.05, 0) is 38.0 Å². The van der Waals surface area contributed by atoms with Crippen LogP contribution in [0.5, 0.6) is 0 Å². The van der Waals surface area contributed by atoms with Gasteiger partial charge < -0.3 is 14.8 Å². The van der Waals surface area contributed by atoms with E-state index in [9.17, 15) is 4.39 Å². The van der Waals surface area contributed by atoms with Gasteiger partial charge in [-0.1, -0.05) is 0 Å². The number of pyridine rings is 1. The van der Waals surface area contributed by atoms with E-state index in [2.05, 4.69) is 20.5 Å². The Bertz CT molecular complexity index is 910. The van der Waals surface area contributed by atoms with Gasteiger partial charge in [-0.25, -0.2) is 13.6 Å². The van der Waals surface area contributed by atoms with Crippen LogP contribution in [0, 0.1) is 0 Å². The van der Waals surface area contributed by atoms with Crippen LogP contribution in [-0.2, 0) is 9.47 Å². The highest BCUT2D eigenvalue weighted by atomic mass is 19.1. The van der Waals surface area contributed by atoms with Crippen molar-refractivity contribution in [1.29, 1.82) is 0 Å². The maximum atomic E-state index is 13.9. The summed E-state index contributed by atoms with van der Waals surface area (Å²) in [7, 11) is 0. The molecule has 1 saturated heterocycles. The van der Waals surface area contributed by atoms with Crippen molar-refractivity contribution in [2.45, 2.75) is 38.7 Å². The summed E-state index contributed by atoms with van der Waals surface area (Å²) in [5, 5.41) is 11.8. The fourth-order valence-corrected chi connectivity index (χ4v) is 3.16. The summed E-state index contributed by atoms with van der Waals surface area (Å²) >= 11 is 0. The molecule has 0 aliphatic carbocycles. The summed E-state index contributed by atoms with van der Waals surface area (Å²) in [6, 6.07) is 3.56. The number of nitrogens with zero attached hydrogens (tertiary/aromatic N) is 5. The van der Waals surface area contributed by atoms with E-state index in [0.29, 0.717) is 31.2 Å². The van der Waals surface area contributed by atoms with Crippen molar-refractivity contribution >= 4 is 11.6 Å². The van der Waals surface area contributed by atoms with Crippen molar-refractivity contribution < 1.29 is 13.9 Å². The van der Waals surface area contributed by atoms with E-state index in [4.69, 9.17) is 9.47 Å². The molecule has 4 rings (SSSR count). The normalized spacial score (nSPS) is 21.4. The second-order valence-electron chi connectivity index (χ2n) is 6.55. The molecule has 0 bridgehead atoms. The summed E-state index contributed by atoms with van der Waals surface area (Å²) in [4.78, 5) is 4.48. The molecule has 3 aromatic rings. The van der Waals surface area contributed by atoms with Crippen LogP contribution >= 0.6 is 0 Å².